The van der Waals surface area contributed by atoms with Gasteiger partial charge < -0.3 is 20.3 Å². The highest BCUT2D eigenvalue weighted by atomic mass is 32.2. The van der Waals surface area contributed by atoms with Crippen LogP contribution in [0.15, 0.2) is 46.7 Å². The van der Waals surface area contributed by atoms with E-state index in [0.29, 0.717) is 23.4 Å². The van der Waals surface area contributed by atoms with Crippen molar-refractivity contribution >= 4 is 40.5 Å². The SMILES string of the molecule is Nc1ncnc2c1ncn2[C@H]1C[C@H](OC2Sc3ccccc3S2)[C@@H](CO)O1. The first-order valence-electron chi connectivity index (χ1n) is 8.50. The zero-order valence-corrected chi connectivity index (χ0v) is 15.8. The second-order valence-corrected chi connectivity index (χ2v) is 8.78. The summed E-state index contributed by atoms with van der Waals surface area (Å²) < 4.78 is 14.1. The monoisotopic (exact) mass is 403 g/mol. The molecule has 2 aliphatic rings. The van der Waals surface area contributed by atoms with Crippen LogP contribution in [-0.4, -0.2) is 48.2 Å². The summed E-state index contributed by atoms with van der Waals surface area (Å²) in [6.07, 6.45) is 2.68. The molecule has 0 radical (unpaired) electrons. The van der Waals surface area contributed by atoms with Gasteiger partial charge in [0.15, 0.2) is 16.2 Å². The summed E-state index contributed by atoms with van der Waals surface area (Å²) in [7, 11) is 0. The summed E-state index contributed by atoms with van der Waals surface area (Å²) in [6, 6.07) is 8.24. The third-order valence-electron chi connectivity index (χ3n) is 4.64. The highest BCUT2D eigenvalue weighted by Crippen LogP contribution is 2.49. The van der Waals surface area contributed by atoms with E-state index in [1.807, 2.05) is 16.7 Å². The molecule has 3 aromatic rings. The number of benzene rings is 1. The van der Waals surface area contributed by atoms with Crippen LogP contribution in [0.3, 0.4) is 0 Å². The lowest BCUT2D eigenvalue weighted by Gasteiger charge is -2.19. The first-order valence-corrected chi connectivity index (χ1v) is 10.3. The number of nitrogen functional groups attached to an aromatic ring is 1. The molecular weight excluding hydrogens is 386 g/mol. The Morgan fingerprint density at radius 3 is 2.74 bits per heavy atom. The van der Waals surface area contributed by atoms with Gasteiger partial charge >= 0.3 is 0 Å². The average molecular weight is 403 g/mol. The van der Waals surface area contributed by atoms with Crippen LogP contribution in [-0.2, 0) is 9.47 Å². The van der Waals surface area contributed by atoms with Gasteiger partial charge in [-0.25, -0.2) is 15.0 Å². The van der Waals surface area contributed by atoms with E-state index in [1.165, 1.54) is 16.1 Å². The van der Waals surface area contributed by atoms with Crippen LogP contribution >= 0.6 is 23.5 Å². The highest BCUT2D eigenvalue weighted by molar-refractivity contribution is 8.19. The standard InChI is InChI=1S/C17H17N5O3S2/c18-15-14-16(20-7-19-15)22(8-21-14)13-5-9(10(6-23)24-13)25-17-26-11-3-1-2-4-12(11)27-17/h1-4,7-10,13,17,23H,5-6H2,(H2,18,19,20)/t9-,10+,13+/m0/s1. The number of anilines is 1. The largest absolute Gasteiger partial charge is 0.394 e. The number of aromatic nitrogens is 4. The summed E-state index contributed by atoms with van der Waals surface area (Å²) in [6.45, 7) is -0.111. The van der Waals surface area contributed by atoms with Crippen molar-refractivity contribution in [2.45, 2.75) is 39.4 Å². The van der Waals surface area contributed by atoms with Gasteiger partial charge in [-0.1, -0.05) is 35.7 Å². The van der Waals surface area contributed by atoms with Crippen LogP contribution in [0.25, 0.3) is 11.2 Å². The molecule has 3 atom stereocenters. The smallest absolute Gasteiger partial charge is 0.167 e. The predicted octanol–water partition coefficient (Wildman–Crippen LogP) is 2.26. The number of nitrogens with zero attached hydrogens (tertiary/aromatic N) is 4. The molecule has 0 amide bonds. The fourth-order valence-corrected chi connectivity index (χ4v) is 5.93. The van der Waals surface area contributed by atoms with E-state index in [1.54, 1.807) is 29.9 Å². The van der Waals surface area contributed by atoms with Crippen molar-refractivity contribution in [1.82, 2.24) is 19.5 Å². The lowest BCUT2D eigenvalue weighted by Crippen LogP contribution is -2.29. The van der Waals surface area contributed by atoms with Gasteiger partial charge in [0.05, 0.1) is 19.0 Å². The van der Waals surface area contributed by atoms with Crippen LogP contribution in [0.2, 0.25) is 0 Å². The Balaban J connectivity index is 1.34. The molecule has 0 aliphatic carbocycles. The number of imidazole rings is 1. The van der Waals surface area contributed by atoms with Crippen LogP contribution in [0.1, 0.15) is 12.6 Å². The summed E-state index contributed by atoms with van der Waals surface area (Å²) in [5.41, 5.74) is 7.02. The summed E-state index contributed by atoms with van der Waals surface area (Å²) >= 11 is 3.37. The zero-order chi connectivity index (χ0) is 18.4. The molecule has 1 aromatic carbocycles. The molecule has 0 saturated carbocycles. The van der Waals surface area contributed by atoms with Gasteiger partial charge in [0, 0.05) is 16.2 Å². The van der Waals surface area contributed by atoms with Gasteiger partial charge in [-0.2, -0.15) is 0 Å². The molecule has 5 rings (SSSR count). The van der Waals surface area contributed by atoms with E-state index in [9.17, 15) is 5.11 Å². The lowest BCUT2D eigenvalue weighted by atomic mass is 10.2. The maximum absolute atomic E-state index is 9.77. The van der Waals surface area contributed by atoms with E-state index in [0.717, 1.165) is 0 Å². The van der Waals surface area contributed by atoms with E-state index >= 15 is 0 Å². The van der Waals surface area contributed by atoms with E-state index in [2.05, 4.69) is 27.1 Å². The number of hydrogen-bond acceptors (Lipinski definition) is 9. The van der Waals surface area contributed by atoms with Gasteiger partial charge in [0.2, 0.25) is 0 Å². The number of rotatable bonds is 4. The Kier molecular flexibility index (Phi) is 4.44. The fourth-order valence-electron chi connectivity index (χ4n) is 3.33. The van der Waals surface area contributed by atoms with Crippen molar-refractivity contribution in [3.63, 3.8) is 0 Å². The Hall–Kier alpha value is -1.85. The topological polar surface area (TPSA) is 108 Å². The third-order valence-corrected chi connectivity index (χ3v) is 7.17. The van der Waals surface area contributed by atoms with E-state index in [4.69, 9.17) is 15.2 Å². The van der Waals surface area contributed by atoms with Crippen LogP contribution < -0.4 is 5.73 Å². The van der Waals surface area contributed by atoms with Crippen molar-refractivity contribution in [2.75, 3.05) is 12.3 Å². The van der Waals surface area contributed by atoms with E-state index < -0.39 is 6.10 Å². The first-order chi connectivity index (χ1) is 13.2. The normalized spacial score (nSPS) is 25.3. The zero-order valence-electron chi connectivity index (χ0n) is 14.1. The van der Waals surface area contributed by atoms with Crippen LogP contribution in [0.4, 0.5) is 5.82 Å². The molecule has 10 heteroatoms. The number of aliphatic hydroxyl groups excluding tert-OH is 1. The molecule has 27 heavy (non-hydrogen) atoms. The number of thioether (sulfide) groups is 2. The summed E-state index contributed by atoms with van der Waals surface area (Å²) in [5.74, 6) is 0.333. The highest BCUT2D eigenvalue weighted by Gasteiger charge is 2.40. The van der Waals surface area contributed by atoms with Crippen molar-refractivity contribution in [1.29, 1.82) is 0 Å². The van der Waals surface area contributed by atoms with Gasteiger partial charge in [0.25, 0.3) is 0 Å². The molecule has 140 valence electrons. The van der Waals surface area contributed by atoms with Crippen LogP contribution in [0.5, 0.6) is 0 Å². The van der Waals surface area contributed by atoms with Gasteiger partial charge in [-0.05, 0) is 12.1 Å². The number of fused-ring (bicyclic) bond motifs is 2. The van der Waals surface area contributed by atoms with Crippen molar-refractivity contribution < 1.29 is 14.6 Å². The average Bonchev–Trinajstić information content (AvgIpc) is 3.37. The number of ether oxygens (including phenoxy) is 2. The Labute approximate surface area is 163 Å². The molecule has 4 heterocycles. The minimum atomic E-state index is -0.406. The summed E-state index contributed by atoms with van der Waals surface area (Å²) in [4.78, 5) is 15.0. The van der Waals surface area contributed by atoms with Crippen molar-refractivity contribution in [3.8, 4) is 0 Å². The molecule has 0 unspecified atom stereocenters. The molecule has 3 N–H and O–H groups in total. The molecule has 2 aromatic heterocycles. The van der Waals surface area contributed by atoms with Gasteiger partial charge in [-0.15, -0.1) is 0 Å². The third kappa shape index (κ3) is 3.07. The minimum Gasteiger partial charge on any atom is -0.394 e. The van der Waals surface area contributed by atoms with Crippen LogP contribution in [0, 0.1) is 0 Å². The molecule has 1 saturated heterocycles. The molecule has 8 nitrogen and oxygen atoms in total. The second kappa shape index (κ2) is 6.95. The predicted molar refractivity (Wildman–Crippen MR) is 102 cm³/mol. The number of hydrogen-bond donors (Lipinski definition) is 2. The molecule has 0 spiro atoms. The summed E-state index contributed by atoms with van der Waals surface area (Å²) in [5, 5.41) is 9.77. The number of nitrogens with two attached hydrogens (primary N) is 1. The minimum absolute atomic E-state index is 0.0544. The molecule has 0 bridgehead atoms. The van der Waals surface area contributed by atoms with Crippen molar-refractivity contribution in [2.24, 2.45) is 0 Å². The lowest BCUT2D eigenvalue weighted by molar-refractivity contribution is -0.0562. The molecule has 2 aliphatic heterocycles. The van der Waals surface area contributed by atoms with Crippen molar-refractivity contribution in [3.05, 3.63) is 36.9 Å². The Bertz CT molecular complexity index is 959. The quantitative estimate of drug-likeness (QED) is 0.678. The first kappa shape index (κ1) is 17.3. The number of aliphatic hydroxyl groups is 1. The Morgan fingerprint density at radius 2 is 2.00 bits per heavy atom. The van der Waals surface area contributed by atoms with E-state index in [-0.39, 0.29) is 23.7 Å². The van der Waals surface area contributed by atoms with Gasteiger partial charge in [0.1, 0.15) is 24.2 Å². The Morgan fingerprint density at radius 1 is 1.22 bits per heavy atom. The maximum atomic E-state index is 9.77. The fraction of sp³-hybridized carbons (Fsp3) is 0.353. The van der Waals surface area contributed by atoms with Gasteiger partial charge in [-0.3, -0.25) is 4.57 Å². The molecule has 1 fully saturated rings. The maximum Gasteiger partial charge on any atom is 0.167 e. The second-order valence-electron chi connectivity index (χ2n) is 6.28. The molecular formula is C17H17N5O3S2.